The molecule has 0 saturated carbocycles. The number of rotatable bonds is 6. The Kier molecular flexibility index (Phi) is 7.86. The summed E-state index contributed by atoms with van der Waals surface area (Å²) >= 11 is 0. The van der Waals surface area contributed by atoms with Crippen LogP contribution in [0.15, 0.2) is 41.3 Å². The first-order valence-corrected chi connectivity index (χ1v) is 12.5. The van der Waals surface area contributed by atoms with Crippen LogP contribution in [-0.4, -0.2) is 43.7 Å². The van der Waals surface area contributed by atoms with Gasteiger partial charge in [-0.3, -0.25) is 9.59 Å². The number of benzene rings is 2. The van der Waals surface area contributed by atoms with Crippen molar-refractivity contribution in [2.45, 2.75) is 57.4 Å². The van der Waals surface area contributed by atoms with E-state index in [-0.39, 0.29) is 23.0 Å². The van der Waals surface area contributed by atoms with Crippen molar-refractivity contribution >= 4 is 27.5 Å². The number of nitrogens with zero attached hydrogens (tertiary/aromatic N) is 1. The lowest BCUT2D eigenvalue weighted by molar-refractivity contribution is -0.136. The molecule has 33 heavy (non-hydrogen) atoms. The van der Waals surface area contributed by atoms with E-state index < -0.39 is 27.7 Å². The maximum absolute atomic E-state index is 13.6. The predicted molar refractivity (Wildman–Crippen MR) is 125 cm³/mol. The first kappa shape index (κ1) is 24.9. The van der Waals surface area contributed by atoms with Crippen molar-refractivity contribution in [1.82, 2.24) is 9.62 Å². The number of halogens is 1. The normalized spacial score (nSPS) is 16.9. The number of carbonyl (C=O) groups is 2. The van der Waals surface area contributed by atoms with Gasteiger partial charge in [-0.25, -0.2) is 12.8 Å². The minimum absolute atomic E-state index is 0.0604. The highest BCUT2D eigenvalue weighted by atomic mass is 32.2. The summed E-state index contributed by atoms with van der Waals surface area (Å²) in [5.41, 5.74) is 2.66. The first-order chi connectivity index (χ1) is 15.6. The van der Waals surface area contributed by atoms with Gasteiger partial charge in [-0.1, -0.05) is 18.6 Å². The van der Waals surface area contributed by atoms with Crippen LogP contribution in [0.25, 0.3) is 0 Å². The van der Waals surface area contributed by atoms with Crippen LogP contribution in [-0.2, 0) is 19.6 Å². The standard InChI is InChI=1S/C24H30FN3O4S/c1-16-7-8-17(2)22(14-16)27-24(30)23(29)26-12-11-19-6-4-5-13-28(19)33(31,32)20-9-10-21(25)18(3)15-20/h7-10,14-15,19H,4-6,11-13H2,1-3H3,(H,26,29)(H,27,30)/t19-/m1/s1. The molecule has 1 fully saturated rings. The van der Waals surface area contributed by atoms with Gasteiger partial charge in [0.25, 0.3) is 0 Å². The molecule has 2 aromatic rings. The van der Waals surface area contributed by atoms with E-state index in [9.17, 15) is 22.4 Å². The first-order valence-electron chi connectivity index (χ1n) is 11.0. The Morgan fingerprint density at radius 1 is 1.03 bits per heavy atom. The lowest BCUT2D eigenvalue weighted by Crippen LogP contribution is -2.45. The molecule has 9 heteroatoms. The molecule has 0 bridgehead atoms. The van der Waals surface area contributed by atoms with Gasteiger partial charge in [0.15, 0.2) is 0 Å². The van der Waals surface area contributed by atoms with Crippen molar-refractivity contribution in [1.29, 1.82) is 0 Å². The number of hydrogen-bond donors (Lipinski definition) is 2. The molecule has 178 valence electrons. The number of carbonyl (C=O) groups excluding carboxylic acids is 2. The third kappa shape index (κ3) is 5.97. The molecule has 1 aliphatic rings. The summed E-state index contributed by atoms with van der Waals surface area (Å²) in [6, 6.07) is 9.05. The second-order valence-electron chi connectivity index (χ2n) is 8.49. The van der Waals surface area contributed by atoms with Crippen LogP contribution < -0.4 is 10.6 Å². The number of amides is 2. The van der Waals surface area contributed by atoms with Crippen molar-refractivity contribution in [3.8, 4) is 0 Å². The van der Waals surface area contributed by atoms with Crippen LogP contribution in [0.1, 0.15) is 42.4 Å². The molecule has 2 amide bonds. The van der Waals surface area contributed by atoms with Gasteiger partial charge in [-0.05, 0) is 81.0 Å². The van der Waals surface area contributed by atoms with Crippen molar-refractivity contribution in [2.75, 3.05) is 18.4 Å². The van der Waals surface area contributed by atoms with Gasteiger partial charge in [0.05, 0.1) is 4.90 Å². The fourth-order valence-corrected chi connectivity index (χ4v) is 5.78. The highest BCUT2D eigenvalue weighted by Gasteiger charge is 2.33. The molecule has 7 nitrogen and oxygen atoms in total. The average Bonchev–Trinajstić information content (AvgIpc) is 2.78. The molecule has 0 aliphatic carbocycles. The summed E-state index contributed by atoms with van der Waals surface area (Å²) in [4.78, 5) is 24.6. The molecule has 2 aromatic carbocycles. The number of sulfonamides is 1. The maximum atomic E-state index is 13.6. The van der Waals surface area contributed by atoms with Crippen LogP contribution in [0.5, 0.6) is 0 Å². The molecule has 0 unspecified atom stereocenters. The number of hydrogen-bond acceptors (Lipinski definition) is 4. The van der Waals surface area contributed by atoms with Crippen molar-refractivity contribution < 1.29 is 22.4 Å². The van der Waals surface area contributed by atoms with Gasteiger partial charge in [-0.2, -0.15) is 4.31 Å². The molecule has 0 radical (unpaired) electrons. The van der Waals surface area contributed by atoms with E-state index >= 15 is 0 Å². The zero-order valence-corrected chi connectivity index (χ0v) is 20.0. The predicted octanol–water partition coefficient (Wildman–Crippen LogP) is 3.44. The monoisotopic (exact) mass is 475 g/mol. The van der Waals surface area contributed by atoms with Gasteiger partial charge < -0.3 is 10.6 Å². The van der Waals surface area contributed by atoms with Crippen LogP contribution >= 0.6 is 0 Å². The molecule has 3 rings (SSSR count). The number of piperidine rings is 1. The van der Waals surface area contributed by atoms with Gasteiger partial charge >= 0.3 is 11.8 Å². The summed E-state index contributed by atoms with van der Waals surface area (Å²) in [6.07, 6.45) is 2.65. The molecule has 1 heterocycles. The molecule has 0 spiro atoms. The van der Waals surface area contributed by atoms with Crippen molar-refractivity contribution in [3.63, 3.8) is 0 Å². The Morgan fingerprint density at radius 3 is 2.52 bits per heavy atom. The summed E-state index contributed by atoms with van der Waals surface area (Å²) in [7, 11) is -3.79. The third-order valence-electron chi connectivity index (χ3n) is 5.92. The minimum Gasteiger partial charge on any atom is -0.348 e. The molecule has 2 N–H and O–H groups in total. The van der Waals surface area contributed by atoms with E-state index in [4.69, 9.17) is 0 Å². The zero-order chi connectivity index (χ0) is 24.2. The quantitative estimate of drug-likeness (QED) is 0.626. The van der Waals surface area contributed by atoms with Crippen LogP contribution in [0.2, 0.25) is 0 Å². The van der Waals surface area contributed by atoms with Gasteiger partial charge in [0, 0.05) is 24.8 Å². The van der Waals surface area contributed by atoms with E-state index in [2.05, 4.69) is 10.6 Å². The zero-order valence-electron chi connectivity index (χ0n) is 19.2. The van der Waals surface area contributed by atoms with Gasteiger partial charge in [-0.15, -0.1) is 0 Å². The maximum Gasteiger partial charge on any atom is 0.313 e. The topological polar surface area (TPSA) is 95.6 Å². The van der Waals surface area contributed by atoms with E-state index in [1.165, 1.54) is 23.4 Å². The molecular formula is C24H30FN3O4S. The lowest BCUT2D eigenvalue weighted by atomic mass is 10.0. The Balaban J connectivity index is 1.61. The Hall–Kier alpha value is -2.78. The average molecular weight is 476 g/mol. The second-order valence-corrected chi connectivity index (χ2v) is 10.4. The van der Waals surface area contributed by atoms with E-state index in [0.717, 1.165) is 30.0 Å². The minimum atomic E-state index is -3.79. The Bertz CT molecular complexity index is 1150. The Labute approximate surface area is 194 Å². The highest BCUT2D eigenvalue weighted by Crippen LogP contribution is 2.27. The molecule has 1 aliphatic heterocycles. The highest BCUT2D eigenvalue weighted by molar-refractivity contribution is 7.89. The SMILES string of the molecule is Cc1ccc(C)c(NC(=O)C(=O)NCC[C@H]2CCCCN2S(=O)(=O)c2ccc(F)c(C)c2)c1. The van der Waals surface area contributed by atoms with E-state index in [1.807, 2.05) is 26.0 Å². The van der Waals surface area contributed by atoms with Gasteiger partial charge in [0.1, 0.15) is 5.82 Å². The fourth-order valence-electron chi connectivity index (χ4n) is 3.97. The van der Waals surface area contributed by atoms with Gasteiger partial charge in [0.2, 0.25) is 10.0 Å². The largest absolute Gasteiger partial charge is 0.348 e. The van der Waals surface area contributed by atoms with E-state index in [1.54, 1.807) is 6.07 Å². The van der Waals surface area contributed by atoms with Crippen LogP contribution in [0, 0.1) is 26.6 Å². The van der Waals surface area contributed by atoms with Crippen LogP contribution in [0.3, 0.4) is 0 Å². The second kappa shape index (κ2) is 10.4. The third-order valence-corrected chi connectivity index (χ3v) is 7.87. The Morgan fingerprint density at radius 2 is 1.79 bits per heavy atom. The summed E-state index contributed by atoms with van der Waals surface area (Å²) in [5, 5.41) is 5.21. The lowest BCUT2D eigenvalue weighted by Gasteiger charge is -2.34. The molecule has 1 atom stereocenters. The smallest absolute Gasteiger partial charge is 0.313 e. The fraction of sp³-hybridized carbons (Fsp3) is 0.417. The summed E-state index contributed by atoms with van der Waals surface area (Å²) in [6.45, 7) is 5.80. The molecular weight excluding hydrogens is 445 g/mol. The molecule has 0 aromatic heterocycles. The number of nitrogens with one attached hydrogen (secondary N) is 2. The van der Waals surface area contributed by atoms with Crippen LogP contribution in [0.4, 0.5) is 10.1 Å². The summed E-state index contributed by atoms with van der Waals surface area (Å²) < 4.78 is 41.4. The van der Waals surface area contributed by atoms with Crippen molar-refractivity contribution in [3.05, 3.63) is 58.9 Å². The summed E-state index contributed by atoms with van der Waals surface area (Å²) in [5.74, 6) is -1.99. The number of aryl methyl sites for hydroxylation is 3. The van der Waals surface area contributed by atoms with Crippen molar-refractivity contribution in [2.24, 2.45) is 0 Å². The number of anilines is 1. The van der Waals surface area contributed by atoms with E-state index in [0.29, 0.717) is 25.1 Å². The molecule has 1 saturated heterocycles.